The summed E-state index contributed by atoms with van der Waals surface area (Å²) in [5, 5.41) is 0. The number of benzene rings is 3. The highest BCUT2D eigenvalue weighted by atomic mass is 16.6. The molecule has 0 amide bonds. The van der Waals surface area contributed by atoms with Gasteiger partial charge in [-0.05, 0) is 42.8 Å². The molecule has 0 atom stereocenters. The molecule has 0 saturated heterocycles. The van der Waals surface area contributed by atoms with E-state index in [1.807, 2.05) is 55.5 Å². The third kappa shape index (κ3) is 5.69. The van der Waals surface area contributed by atoms with Gasteiger partial charge in [0.25, 0.3) is 0 Å². The van der Waals surface area contributed by atoms with Crippen LogP contribution in [0.25, 0.3) is 11.1 Å². The van der Waals surface area contributed by atoms with Crippen molar-refractivity contribution < 1.29 is 23.8 Å². The molecule has 0 aliphatic rings. The Labute approximate surface area is 169 Å². The van der Waals surface area contributed by atoms with E-state index >= 15 is 0 Å². The van der Waals surface area contributed by atoms with E-state index in [-0.39, 0.29) is 19.0 Å². The lowest BCUT2D eigenvalue weighted by molar-refractivity contribution is -0.144. The predicted octanol–water partition coefficient (Wildman–Crippen LogP) is 4.56. The van der Waals surface area contributed by atoms with Crippen LogP contribution in [0, 0.1) is 0 Å². The van der Waals surface area contributed by atoms with Crippen molar-refractivity contribution in [2.75, 3.05) is 19.8 Å². The van der Waals surface area contributed by atoms with E-state index < -0.39 is 5.97 Å². The van der Waals surface area contributed by atoms with Gasteiger partial charge in [0.15, 0.2) is 19.0 Å². The maximum atomic E-state index is 12.2. The quantitative estimate of drug-likeness (QED) is 0.396. The van der Waals surface area contributed by atoms with Crippen LogP contribution in [0.3, 0.4) is 0 Å². The molecular formula is C24H22O5. The molecule has 0 fully saturated rings. The van der Waals surface area contributed by atoms with Crippen LogP contribution in [0.15, 0.2) is 78.9 Å². The lowest BCUT2D eigenvalue weighted by atomic mass is 10.1. The minimum absolute atomic E-state index is 0.277. The summed E-state index contributed by atoms with van der Waals surface area (Å²) in [5.41, 5.74) is 2.32. The third-order valence-corrected chi connectivity index (χ3v) is 4.17. The van der Waals surface area contributed by atoms with Gasteiger partial charge in [-0.15, -0.1) is 0 Å². The van der Waals surface area contributed by atoms with Gasteiger partial charge in [0.2, 0.25) is 0 Å². The lowest BCUT2D eigenvalue weighted by Crippen LogP contribution is -2.19. The second kappa shape index (κ2) is 10.1. The Morgan fingerprint density at radius 3 is 2.17 bits per heavy atom. The Hall–Kier alpha value is -3.60. The van der Waals surface area contributed by atoms with E-state index in [1.54, 1.807) is 30.3 Å². The first-order valence-corrected chi connectivity index (χ1v) is 9.36. The number of esters is 1. The maximum absolute atomic E-state index is 12.2. The first kappa shape index (κ1) is 20.1. The lowest BCUT2D eigenvalue weighted by Gasteiger charge is -2.11. The summed E-state index contributed by atoms with van der Waals surface area (Å²) < 4.78 is 16.0. The first-order valence-electron chi connectivity index (χ1n) is 9.36. The van der Waals surface area contributed by atoms with Crippen molar-refractivity contribution in [2.45, 2.75) is 6.92 Å². The molecule has 0 N–H and O–H groups in total. The minimum atomic E-state index is -0.604. The van der Waals surface area contributed by atoms with Crippen LogP contribution in [0.4, 0.5) is 0 Å². The molecule has 0 aromatic heterocycles. The molecule has 3 aromatic carbocycles. The van der Waals surface area contributed by atoms with Gasteiger partial charge in [-0.2, -0.15) is 0 Å². The third-order valence-electron chi connectivity index (χ3n) is 4.17. The smallest absolute Gasteiger partial charge is 0.344 e. The molecule has 0 saturated carbocycles. The average Bonchev–Trinajstić information content (AvgIpc) is 2.77. The largest absolute Gasteiger partial charge is 0.494 e. The summed E-state index contributed by atoms with van der Waals surface area (Å²) in [6, 6.07) is 23.9. The normalized spacial score (nSPS) is 10.2. The van der Waals surface area contributed by atoms with Gasteiger partial charge >= 0.3 is 5.97 Å². The van der Waals surface area contributed by atoms with E-state index in [0.717, 1.165) is 11.1 Å². The molecule has 0 unspecified atom stereocenters. The number of Topliss-reactive ketones (excluding diaryl/α,β-unsaturated/α-hetero) is 1. The average molecular weight is 390 g/mol. The summed E-state index contributed by atoms with van der Waals surface area (Å²) in [5.74, 6) is 0.373. The Morgan fingerprint density at radius 1 is 0.759 bits per heavy atom. The number of hydrogen-bond acceptors (Lipinski definition) is 5. The van der Waals surface area contributed by atoms with Crippen LogP contribution in [-0.2, 0) is 9.53 Å². The number of ether oxygens (including phenoxy) is 3. The molecule has 5 nitrogen and oxygen atoms in total. The molecule has 0 radical (unpaired) electrons. The summed E-state index contributed by atoms with van der Waals surface area (Å²) in [7, 11) is 0. The van der Waals surface area contributed by atoms with Crippen LogP contribution in [-0.4, -0.2) is 31.6 Å². The molecule has 148 valence electrons. The fourth-order valence-electron chi connectivity index (χ4n) is 2.76. The second-order valence-corrected chi connectivity index (χ2v) is 6.19. The van der Waals surface area contributed by atoms with Crippen molar-refractivity contribution >= 4 is 11.8 Å². The Bertz CT molecular complexity index is 949. The number of para-hydroxylation sites is 1. The number of carbonyl (C=O) groups excluding carboxylic acids is 2. The van der Waals surface area contributed by atoms with E-state index in [1.165, 1.54) is 0 Å². The van der Waals surface area contributed by atoms with Gasteiger partial charge in [0.05, 0.1) is 6.61 Å². The monoisotopic (exact) mass is 390 g/mol. The van der Waals surface area contributed by atoms with Gasteiger partial charge in [-0.3, -0.25) is 4.79 Å². The van der Waals surface area contributed by atoms with E-state index in [4.69, 9.17) is 14.2 Å². The van der Waals surface area contributed by atoms with Crippen molar-refractivity contribution in [1.82, 2.24) is 0 Å². The molecule has 0 heterocycles. The van der Waals surface area contributed by atoms with Crippen molar-refractivity contribution in [2.24, 2.45) is 0 Å². The molecule has 0 aliphatic heterocycles. The standard InChI is InChI=1S/C24H22O5/c1-2-27-20-14-12-19(13-15-20)22(25)16-29-24(26)17-28-23-11-7-6-10-21(23)18-8-4-3-5-9-18/h3-15H,2,16-17H2,1H3. The highest BCUT2D eigenvalue weighted by Crippen LogP contribution is 2.29. The number of rotatable bonds is 9. The minimum Gasteiger partial charge on any atom is -0.494 e. The molecule has 0 bridgehead atoms. The van der Waals surface area contributed by atoms with Crippen LogP contribution in [0.5, 0.6) is 11.5 Å². The topological polar surface area (TPSA) is 61.8 Å². The maximum Gasteiger partial charge on any atom is 0.344 e. The Balaban J connectivity index is 1.52. The van der Waals surface area contributed by atoms with Crippen LogP contribution in [0.1, 0.15) is 17.3 Å². The van der Waals surface area contributed by atoms with Gasteiger partial charge in [0.1, 0.15) is 11.5 Å². The van der Waals surface area contributed by atoms with E-state index in [2.05, 4.69) is 0 Å². The number of carbonyl (C=O) groups is 2. The molecule has 29 heavy (non-hydrogen) atoms. The molecule has 0 aliphatic carbocycles. The zero-order valence-corrected chi connectivity index (χ0v) is 16.2. The van der Waals surface area contributed by atoms with E-state index in [9.17, 15) is 9.59 Å². The molecule has 5 heteroatoms. The van der Waals surface area contributed by atoms with Gasteiger partial charge in [0, 0.05) is 11.1 Å². The van der Waals surface area contributed by atoms with Crippen molar-refractivity contribution in [3.8, 4) is 22.6 Å². The van der Waals surface area contributed by atoms with Crippen LogP contribution >= 0.6 is 0 Å². The van der Waals surface area contributed by atoms with Gasteiger partial charge < -0.3 is 14.2 Å². The van der Waals surface area contributed by atoms with Crippen LogP contribution in [0.2, 0.25) is 0 Å². The fraction of sp³-hybridized carbons (Fsp3) is 0.167. The molecular weight excluding hydrogens is 368 g/mol. The van der Waals surface area contributed by atoms with Crippen LogP contribution < -0.4 is 9.47 Å². The number of ketones is 1. The van der Waals surface area contributed by atoms with E-state index in [0.29, 0.717) is 23.7 Å². The summed E-state index contributed by atoms with van der Waals surface area (Å²) >= 11 is 0. The number of hydrogen-bond donors (Lipinski definition) is 0. The Kier molecular flexibility index (Phi) is 7.00. The van der Waals surface area contributed by atoms with Crippen molar-refractivity contribution in [3.05, 3.63) is 84.4 Å². The zero-order chi connectivity index (χ0) is 20.5. The van der Waals surface area contributed by atoms with Gasteiger partial charge in [-0.25, -0.2) is 4.79 Å². The predicted molar refractivity (Wildman–Crippen MR) is 110 cm³/mol. The second-order valence-electron chi connectivity index (χ2n) is 6.19. The summed E-state index contributed by atoms with van der Waals surface area (Å²) in [6.07, 6.45) is 0. The zero-order valence-electron chi connectivity index (χ0n) is 16.2. The summed E-state index contributed by atoms with van der Waals surface area (Å²) in [6.45, 7) is 1.83. The Morgan fingerprint density at radius 2 is 1.45 bits per heavy atom. The summed E-state index contributed by atoms with van der Waals surface area (Å²) in [4.78, 5) is 24.2. The molecule has 3 rings (SSSR count). The molecule has 0 spiro atoms. The van der Waals surface area contributed by atoms with Crippen molar-refractivity contribution in [3.63, 3.8) is 0 Å². The van der Waals surface area contributed by atoms with Gasteiger partial charge in [-0.1, -0.05) is 48.5 Å². The first-order chi connectivity index (χ1) is 14.2. The highest BCUT2D eigenvalue weighted by Gasteiger charge is 2.12. The van der Waals surface area contributed by atoms with Crippen molar-refractivity contribution in [1.29, 1.82) is 0 Å². The highest BCUT2D eigenvalue weighted by molar-refractivity contribution is 5.98. The SMILES string of the molecule is CCOc1ccc(C(=O)COC(=O)COc2ccccc2-c2ccccc2)cc1. The fourth-order valence-corrected chi connectivity index (χ4v) is 2.76. The molecule has 3 aromatic rings.